The van der Waals surface area contributed by atoms with Crippen molar-refractivity contribution in [2.24, 2.45) is 0 Å². The monoisotopic (exact) mass is 222 g/mol. The molecule has 0 aliphatic carbocycles. The molecule has 1 aromatic carbocycles. The molecule has 0 amide bonds. The van der Waals surface area contributed by atoms with Crippen molar-refractivity contribution in [1.82, 2.24) is 0 Å². The lowest BCUT2D eigenvalue weighted by atomic mass is 10.3. The number of benzene rings is 1. The van der Waals surface area contributed by atoms with Crippen LogP contribution in [0, 0.1) is 0 Å². The van der Waals surface area contributed by atoms with E-state index in [0.29, 0.717) is 11.5 Å². The van der Waals surface area contributed by atoms with Crippen LogP contribution in [-0.2, 0) is 9.53 Å². The van der Waals surface area contributed by atoms with Gasteiger partial charge < -0.3 is 9.47 Å². The summed E-state index contributed by atoms with van der Waals surface area (Å²) in [6.07, 6.45) is 1.38. The van der Waals surface area contributed by atoms with Gasteiger partial charge in [-0.15, -0.1) is 11.8 Å². The summed E-state index contributed by atoms with van der Waals surface area (Å²) in [5.74, 6) is 1.70. The SMILES string of the molecule is COC(=O)/C=C1\CSc2ccccc2O1. The lowest BCUT2D eigenvalue weighted by Gasteiger charge is -2.18. The predicted octanol–water partition coefficient (Wildman–Crippen LogP) is 2.23. The molecule has 3 nitrogen and oxygen atoms in total. The van der Waals surface area contributed by atoms with E-state index >= 15 is 0 Å². The second-order valence-electron chi connectivity index (χ2n) is 2.97. The third-order valence-electron chi connectivity index (χ3n) is 1.94. The quantitative estimate of drug-likeness (QED) is 0.539. The zero-order valence-electron chi connectivity index (χ0n) is 8.23. The summed E-state index contributed by atoms with van der Waals surface area (Å²) in [6, 6.07) is 7.74. The molecule has 0 saturated carbocycles. The van der Waals surface area contributed by atoms with Gasteiger partial charge in [-0.3, -0.25) is 0 Å². The molecule has 0 bridgehead atoms. The molecule has 0 radical (unpaired) electrons. The molecular weight excluding hydrogens is 212 g/mol. The highest BCUT2D eigenvalue weighted by Crippen LogP contribution is 2.36. The number of esters is 1. The Morgan fingerprint density at radius 2 is 2.33 bits per heavy atom. The number of rotatable bonds is 1. The largest absolute Gasteiger partial charge is 0.466 e. The van der Waals surface area contributed by atoms with Gasteiger partial charge in [0.05, 0.1) is 23.8 Å². The van der Waals surface area contributed by atoms with E-state index in [-0.39, 0.29) is 5.97 Å². The van der Waals surface area contributed by atoms with Gasteiger partial charge in [0.15, 0.2) is 0 Å². The summed E-state index contributed by atoms with van der Waals surface area (Å²) < 4.78 is 10.1. The summed E-state index contributed by atoms with van der Waals surface area (Å²) in [5.41, 5.74) is 0. The average Bonchev–Trinajstić information content (AvgIpc) is 2.29. The molecule has 78 valence electrons. The number of carbonyl (C=O) groups is 1. The van der Waals surface area contributed by atoms with Crippen molar-refractivity contribution in [3.8, 4) is 5.75 Å². The number of para-hydroxylation sites is 1. The summed E-state index contributed by atoms with van der Waals surface area (Å²) in [4.78, 5) is 12.1. The molecular formula is C11H10O3S. The van der Waals surface area contributed by atoms with Gasteiger partial charge in [0.25, 0.3) is 0 Å². The Morgan fingerprint density at radius 1 is 1.53 bits per heavy atom. The maximum atomic E-state index is 11.0. The number of hydrogen-bond acceptors (Lipinski definition) is 4. The Kier molecular flexibility index (Phi) is 2.97. The van der Waals surface area contributed by atoms with Crippen molar-refractivity contribution < 1.29 is 14.3 Å². The van der Waals surface area contributed by atoms with Crippen molar-refractivity contribution in [3.05, 3.63) is 36.1 Å². The van der Waals surface area contributed by atoms with Gasteiger partial charge in [-0.1, -0.05) is 12.1 Å². The minimum absolute atomic E-state index is 0.384. The van der Waals surface area contributed by atoms with Crippen LogP contribution < -0.4 is 4.74 Å². The summed E-state index contributed by atoms with van der Waals surface area (Å²) >= 11 is 1.65. The average molecular weight is 222 g/mol. The Morgan fingerprint density at radius 3 is 3.13 bits per heavy atom. The molecule has 1 heterocycles. The van der Waals surface area contributed by atoms with Crippen molar-refractivity contribution >= 4 is 17.7 Å². The maximum absolute atomic E-state index is 11.0. The van der Waals surface area contributed by atoms with E-state index in [1.54, 1.807) is 11.8 Å². The van der Waals surface area contributed by atoms with Gasteiger partial charge in [0.1, 0.15) is 11.5 Å². The smallest absolute Gasteiger partial charge is 0.333 e. The second-order valence-corrected chi connectivity index (χ2v) is 3.99. The normalized spacial score (nSPS) is 16.7. The fourth-order valence-corrected chi connectivity index (χ4v) is 2.10. The first kappa shape index (κ1) is 10.1. The predicted molar refractivity (Wildman–Crippen MR) is 57.9 cm³/mol. The molecule has 15 heavy (non-hydrogen) atoms. The number of methoxy groups -OCH3 is 1. The minimum atomic E-state index is -0.384. The fraction of sp³-hybridized carbons (Fsp3) is 0.182. The number of ether oxygens (including phenoxy) is 2. The van der Waals surface area contributed by atoms with Crippen LogP contribution in [0.5, 0.6) is 5.75 Å². The minimum Gasteiger partial charge on any atom is -0.466 e. The Labute approximate surface area is 92.1 Å². The van der Waals surface area contributed by atoms with E-state index in [9.17, 15) is 4.79 Å². The highest BCUT2D eigenvalue weighted by Gasteiger charge is 2.15. The zero-order chi connectivity index (χ0) is 10.7. The number of carbonyl (C=O) groups excluding carboxylic acids is 1. The van der Waals surface area contributed by atoms with E-state index in [0.717, 1.165) is 10.6 Å². The summed E-state index contributed by atoms with van der Waals surface area (Å²) in [5, 5.41) is 0. The van der Waals surface area contributed by atoms with E-state index in [1.165, 1.54) is 13.2 Å². The molecule has 1 aliphatic rings. The van der Waals surface area contributed by atoms with Gasteiger partial charge in [0, 0.05) is 0 Å². The van der Waals surface area contributed by atoms with Gasteiger partial charge in [0.2, 0.25) is 0 Å². The first-order chi connectivity index (χ1) is 7.29. The van der Waals surface area contributed by atoms with Crippen molar-refractivity contribution in [2.45, 2.75) is 4.90 Å². The number of thioether (sulfide) groups is 1. The van der Waals surface area contributed by atoms with Crippen LogP contribution >= 0.6 is 11.8 Å². The molecule has 0 fully saturated rings. The first-order valence-electron chi connectivity index (χ1n) is 4.48. The van der Waals surface area contributed by atoms with Crippen LogP contribution in [0.15, 0.2) is 41.0 Å². The van der Waals surface area contributed by atoms with Crippen molar-refractivity contribution in [2.75, 3.05) is 12.9 Å². The second kappa shape index (κ2) is 4.40. The standard InChI is InChI=1S/C11H10O3S/c1-13-11(12)6-8-7-15-10-5-3-2-4-9(10)14-8/h2-6H,7H2,1H3/b8-6+. The Bertz CT molecular complexity index is 412. The molecule has 4 heteroatoms. The first-order valence-corrected chi connectivity index (χ1v) is 5.46. The molecule has 0 saturated heterocycles. The van der Waals surface area contributed by atoms with Gasteiger partial charge in [-0.05, 0) is 12.1 Å². The molecule has 1 aromatic rings. The molecule has 2 rings (SSSR count). The number of fused-ring (bicyclic) bond motifs is 1. The van der Waals surface area contributed by atoms with Crippen LogP contribution in [0.2, 0.25) is 0 Å². The van der Waals surface area contributed by atoms with Crippen LogP contribution in [0.3, 0.4) is 0 Å². The lowest BCUT2D eigenvalue weighted by Crippen LogP contribution is -2.08. The topological polar surface area (TPSA) is 35.5 Å². The Balaban J connectivity index is 2.19. The molecule has 0 N–H and O–H groups in total. The van der Waals surface area contributed by atoms with E-state index in [4.69, 9.17) is 4.74 Å². The summed E-state index contributed by atoms with van der Waals surface area (Å²) in [7, 11) is 1.35. The fourth-order valence-electron chi connectivity index (χ4n) is 1.23. The van der Waals surface area contributed by atoms with Crippen molar-refractivity contribution in [3.63, 3.8) is 0 Å². The Hall–Kier alpha value is -1.42. The third-order valence-corrected chi connectivity index (χ3v) is 3.02. The lowest BCUT2D eigenvalue weighted by molar-refractivity contribution is -0.135. The molecule has 0 atom stereocenters. The van der Waals surface area contributed by atoms with Crippen molar-refractivity contribution in [1.29, 1.82) is 0 Å². The maximum Gasteiger partial charge on any atom is 0.333 e. The van der Waals surface area contributed by atoms with Gasteiger partial charge in [-0.2, -0.15) is 0 Å². The van der Waals surface area contributed by atoms with Crippen LogP contribution in [0.25, 0.3) is 0 Å². The number of hydrogen-bond donors (Lipinski definition) is 0. The highest BCUT2D eigenvalue weighted by atomic mass is 32.2. The van der Waals surface area contributed by atoms with Crippen LogP contribution in [-0.4, -0.2) is 18.8 Å². The highest BCUT2D eigenvalue weighted by molar-refractivity contribution is 7.99. The molecule has 0 aromatic heterocycles. The van der Waals surface area contributed by atoms with Gasteiger partial charge in [-0.25, -0.2) is 4.79 Å². The van der Waals surface area contributed by atoms with E-state index < -0.39 is 0 Å². The molecule has 0 unspecified atom stereocenters. The van der Waals surface area contributed by atoms with Crippen LogP contribution in [0.1, 0.15) is 0 Å². The van der Waals surface area contributed by atoms with E-state index in [2.05, 4.69) is 4.74 Å². The zero-order valence-corrected chi connectivity index (χ0v) is 9.04. The van der Waals surface area contributed by atoms with Gasteiger partial charge >= 0.3 is 5.97 Å². The van der Waals surface area contributed by atoms with E-state index in [1.807, 2.05) is 24.3 Å². The third kappa shape index (κ3) is 2.33. The molecule has 1 aliphatic heterocycles. The molecule has 0 spiro atoms. The summed E-state index contributed by atoms with van der Waals surface area (Å²) in [6.45, 7) is 0. The van der Waals surface area contributed by atoms with Crippen LogP contribution in [0.4, 0.5) is 0 Å².